The summed E-state index contributed by atoms with van der Waals surface area (Å²) in [5.74, 6) is 0. The Kier molecular flexibility index (Phi) is 14.3. The van der Waals surface area contributed by atoms with Crippen LogP contribution in [0.3, 0.4) is 0 Å². The van der Waals surface area contributed by atoms with Gasteiger partial charge >= 0.3 is 0 Å². The van der Waals surface area contributed by atoms with Gasteiger partial charge in [0.2, 0.25) is 0 Å². The second kappa shape index (κ2) is 23.2. The lowest BCUT2D eigenvalue weighted by molar-refractivity contribution is 1.44. The summed E-state index contributed by atoms with van der Waals surface area (Å²) in [5.41, 5.74) is 23.3. The molecule has 0 spiro atoms. The van der Waals surface area contributed by atoms with E-state index in [-0.39, 0.29) is 0 Å². The highest BCUT2D eigenvalue weighted by atomic mass is 14.4. The van der Waals surface area contributed by atoms with Gasteiger partial charge in [-0.1, -0.05) is 255 Å². The summed E-state index contributed by atoms with van der Waals surface area (Å²) in [6.45, 7) is 0. The fourth-order valence-electron chi connectivity index (χ4n) is 11.8. The summed E-state index contributed by atoms with van der Waals surface area (Å²) in [4.78, 5) is 0. The van der Waals surface area contributed by atoms with Gasteiger partial charge in [-0.15, -0.1) is 0 Å². The minimum absolute atomic E-state index is 0.468. The molecule has 0 saturated heterocycles. The topological polar surface area (TPSA) is 71.4 Å². The van der Waals surface area contributed by atoms with Gasteiger partial charge in [0.05, 0.1) is 34.9 Å². The van der Waals surface area contributed by atoms with Gasteiger partial charge in [-0.05, 0) is 171 Å². The van der Waals surface area contributed by atoms with Crippen LogP contribution >= 0.6 is 0 Å². The number of benzene rings is 13. The molecule has 0 aromatic heterocycles. The van der Waals surface area contributed by atoms with E-state index in [9.17, 15) is 15.8 Å². The summed E-state index contributed by atoms with van der Waals surface area (Å²) >= 11 is 0. The fourth-order valence-corrected chi connectivity index (χ4v) is 11.8. The Morgan fingerprint density at radius 3 is 0.571 bits per heavy atom. The van der Waals surface area contributed by atoms with Crippen LogP contribution in [0.4, 0.5) is 0 Å². The maximum atomic E-state index is 11.6. The molecule has 0 bridgehead atoms. The van der Waals surface area contributed by atoms with Gasteiger partial charge in [0, 0.05) is 16.7 Å². The highest BCUT2D eigenvalue weighted by Crippen LogP contribution is 2.58. The molecule has 0 radical (unpaired) electrons. The highest BCUT2D eigenvalue weighted by molar-refractivity contribution is 6.17. The molecule has 0 aliphatic rings. The van der Waals surface area contributed by atoms with Crippen molar-refractivity contribution in [2.45, 2.75) is 0 Å². The second-order valence-electron chi connectivity index (χ2n) is 20.8. The maximum Gasteiger partial charge on any atom is 0.0998 e. The highest BCUT2D eigenvalue weighted by Gasteiger charge is 2.32. The predicted molar refractivity (Wildman–Crippen MR) is 346 cm³/mol. The third-order valence-electron chi connectivity index (χ3n) is 15.8. The summed E-state index contributed by atoms with van der Waals surface area (Å²) in [6.07, 6.45) is 0. The van der Waals surface area contributed by atoms with Crippen LogP contribution in [0.2, 0.25) is 0 Å². The standard InChI is InChI=1S/C81H51N3/c82-52-70-43-40-67(64-37-19-34-61(46-64)55-22-7-1-8-23-55)49-73(70)79-76(58-28-13-4-14-29-58)80(74-50-68(41-44-71(74)53-83)65-38-20-35-62(47-65)56-24-9-2-10-25-56)78(60-32-17-6-18-33-60)81(77(79)59-30-15-5-16-31-59)75-51-69(42-45-72(75)54-84)66-39-21-36-63(48-66)57-26-11-3-12-27-57/h1-51H. The first-order chi connectivity index (χ1) is 41.5. The van der Waals surface area contributed by atoms with Crippen LogP contribution in [0.25, 0.3) is 134 Å². The van der Waals surface area contributed by atoms with E-state index in [4.69, 9.17) is 0 Å². The molecule has 0 amide bonds. The van der Waals surface area contributed by atoms with Crippen molar-refractivity contribution in [1.82, 2.24) is 0 Å². The molecule has 84 heavy (non-hydrogen) atoms. The van der Waals surface area contributed by atoms with E-state index in [2.05, 4.69) is 255 Å². The van der Waals surface area contributed by atoms with Crippen molar-refractivity contribution in [2.75, 3.05) is 0 Å². The zero-order valence-corrected chi connectivity index (χ0v) is 45.8. The average Bonchev–Trinajstić information content (AvgIpc) is 1.97. The molecule has 0 atom stereocenters. The normalized spacial score (nSPS) is 10.8. The van der Waals surface area contributed by atoms with Crippen LogP contribution in [0.15, 0.2) is 309 Å². The molecule has 0 unspecified atom stereocenters. The first kappa shape index (κ1) is 51.7. The minimum Gasteiger partial charge on any atom is -0.192 e. The number of hydrogen-bond donors (Lipinski definition) is 0. The number of nitrogens with zero attached hydrogens (tertiary/aromatic N) is 3. The fraction of sp³-hybridized carbons (Fsp3) is 0. The summed E-state index contributed by atoms with van der Waals surface area (Å²) in [7, 11) is 0. The van der Waals surface area contributed by atoms with Gasteiger partial charge in [0.1, 0.15) is 0 Å². The third kappa shape index (κ3) is 10.1. The molecular weight excluding hydrogens is 1010 g/mol. The van der Waals surface area contributed by atoms with E-state index < -0.39 is 0 Å². The molecular formula is C81H51N3. The van der Waals surface area contributed by atoms with E-state index in [1.54, 1.807) is 0 Å². The molecule has 0 heterocycles. The predicted octanol–water partition coefficient (Wildman–Crippen LogP) is 21.3. The molecule has 0 N–H and O–H groups in total. The Morgan fingerprint density at radius 1 is 0.155 bits per heavy atom. The lowest BCUT2D eigenvalue weighted by Gasteiger charge is -2.30. The SMILES string of the molecule is N#Cc1ccc(-c2cccc(-c3ccccc3)c2)cc1-c1c(-c2ccccc2)c(-c2cc(-c3cccc(-c4ccccc4)c3)ccc2C#N)c(-c2ccccc2)c(-c2cc(-c3cccc(-c4ccccc4)c3)ccc2C#N)c1-c1ccccc1. The molecule has 0 aliphatic carbocycles. The first-order valence-corrected chi connectivity index (χ1v) is 28.1. The van der Waals surface area contributed by atoms with E-state index in [0.717, 1.165) is 117 Å². The van der Waals surface area contributed by atoms with Crippen molar-refractivity contribution < 1.29 is 0 Å². The Labute approximate surface area is 490 Å². The van der Waals surface area contributed by atoms with E-state index >= 15 is 0 Å². The zero-order valence-electron chi connectivity index (χ0n) is 45.8. The molecule has 13 aromatic rings. The van der Waals surface area contributed by atoms with Crippen molar-refractivity contribution in [3.63, 3.8) is 0 Å². The second-order valence-corrected chi connectivity index (χ2v) is 20.8. The molecule has 0 fully saturated rings. The summed E-state index contributed by atoms with van der Waals surface area (Å²) < 4.78 is 0. The summed E-state index contributed by atoms with van der Waals surface area (Å²) in [6, 6.07) is 114. The molecule has 3 nitrogen and oxygen atoms in total. The quantitative estimate of drug-likeness (QED) is 0.122. The Hall–Kier alpha value is -11.7. The van der Waals surface area contributed by atoms with Gasteiger partial charge in [-0.3, -0.25) is 0 Å². The van der Waals surface area contributed by atoms with Gasteiger partial charge < -0.3 is 0 Å². The number of hydrogen-bond acceptors (Lipinski definition) is 3. The van der Waals surface area contributed by atoms with Crippen LogP contribution in [0, 0.1) is 34.0 Å². The van der Waals surface area contributed by atoms with Crippen molar-refractivity contribution in [3.8, 4) is 152 Å². The lowest BCUT2D eigenvalue weighted by atomic mass is 9.72. The van der Waals surface area contributed by atoms with Gasteiger partial charge in [0.15, 0.2) is 0 Å². The van der Waals surface area contributed by atoms with Crippen LogP contribution in [0.1, 0.15) is 16.7 Å². The average molecular weight is 1070 g/mol. The van der Waals surface area contributed by atoms with E-state index in [1.807, 2.05) is 72.8 Å². The molecule has 3 heteroatoms. The summed E-state index contributed by atoms with van der Waals surface area (Å²) in [5, 5.41) is 34.9. The minimum atomic E-state index is 0.468. The van der Waals surface area contributed by atoms with Crippen LogP contribution in [0.5, 0.6) is 0 Å². The smallest absolute Gasteiger partial charge is 0.0998 e. The third-order valence-corrected chi connectivity index (χ3v) is 15.8. The number of nitriles is 3. The van der Waals surface area contributed by atoms with Crippen molar-refractivity contribution in [3.05, 3.63) is 326 Å². The van der Waals surface area contributed by atoms with Gasteiger partial charge in [0.25, 0.3) is 0 Å². The molecule has 13 rings (SSSR count). The van der Waals surface area contributed by atoms with Crippen molar-refractivity contribution >= 4 is 0 Å². The lowest BCUT2D eigenvalue weighted by Crippen LogP contribution is -2.05. The monoisotopic (exact) mass is 1070 g/mol. The van der Waals surface area contributed by atoms with E-state index in [1.165, 1.54) is 0 Å². The molecule has 0 saturated carbocycles. The molecule has 13 aromatic carbocycles. The van der Waals surface area contributed by atoms with Crippen molar-refractivity contribution in [1.29, 1.82) is 15.8 Å². The van der Waals surface area contributed by atoms with Crippen LogP contribution < -0.4 is 0 Å². The maximum absolute atomic E-state index is 11.6. The van der Waals surface area contributed by atoms with Gasteiger partial charge in [-0.25, -0.2) is 0 Å². The van der Waals surface area contributed by atoms with Crippen molar-refractivity contribution in [2.24, 2.45) is 0 Å². The largest absolute Gasteiger partial charge is 0.192 e. The first-order valence-electron chi connectivity index (χ1n) is 28.1. The van der Waals surface area contributed by atoms with E-state index in [0.29, 0.717) is 33.4 Å². The Balaban J connectivity index is 1.23. The van der Waals surface area contributed by atoms with Gasteiger partial charge in [-0.2, -0.15) is 15.8 Å². The van der Waals surface area contributed by atoms with Crippen LogP contribution in [-0.2, 0) is 0 Å². The Bertz CT molecular complexity index is 4200. The zero-order chi connectivity index (χ0) is 56.8. The Morgan fingerprint density at radius 2 is 0.345 bits per heavy atom. The number of rotatable bonds is 12. The van der Waals surface area contributed by atoms with Crippen LogP contribution in [-0.4, -0.2) is 0 Å². The molecule has 390 valence electrons. The molecule has 0 aliphatic heterocycles.